The van der Waals surface area contributed by atoms with E-state index < -0.39 is 5.60 Å². The van der Waals surface area contributed by atoms with E-state index in [0.717, 1.165) is 0 Å². The fourth-order valence-corrected chi connectivity index (χ4v) is 0.717. The maximum absolute atomic E-state index is 11.1. The third kappa shape index (κ3) is 9.44. The Morgan fingerprint density at radius 1 is 1.43 bits per heavy atom. The number of hydrogen-bond acceptors (Lipinski definition) is 5. The second-order valence-corrected chi connectivity index (χ2v) is 3.80. The molecule has 0 amide bonds. The number of carbonyl (C=O) groups is 1. The van der Waals surface area contributed by atoms with Crippen LogP contribution in [0.5, 0.6) is 0 Å². The summed E-state index contributed by atoms with van der Waals surface area (Å²) in [6.07, 6.45) is 0.204. The van der Waals surface area contributed by atoms with Gasteiger partial charge in [-0.05, 0) is 20.8 Å². The van der Waals surface area contributed by atoms with E-state index in [2.05, 4.69) is 5.48 Å². The lowest BCUT2D eigenvalue weighted by atomic mass is 10.2. The topological polar surface area (TPSA) is 67.8 Å². The molecular weight excluding hydrogens is 186 g/mol. The number of hydroxylamine groups is 1. The van der Waals surface area contributed by atoms with Gasteiger partial charge < -0.3 is 14.7 Å². The number of aliphatic hydroxyl groups is 1. The van der Waals surface area contributed by atoms with E-state index in [1.54, 1.807) is 0 Å². The van der Waals surface area contributed by atoms with Crippen molar-refractivity contribution in [1.82, 2.24) is 5.48 Å². The van der Waals surface area contributed by atoms with E-state index in [1.165, 1.54) is 0 Å². The molecule has 5 heteroatoms. The van der Waals surface area contributed by atoms with E-state index in [4.69, 9.17) is 14.7 Å². The van der Waals surface area contributed by atoms with Gasteiger partial charge in [-0.3, -0.25) is 4.79 Å². The minimum absolute atomic E-state index is 0.00639. The molecule has 14 heavy (non-hydrogen) atoms. The highest BCUT2D eigenvalue weighted by molar-refractivity contribution is 5.69. The Bertz CT molecular complexity index is 165. The van der Waals surface area contributed by atoms with Crippen LogP contribution in [0, 0.1) is 0 Å². The second-order valence-electron chi connectivity index (χ2n) is 3.80. The van der Waals surface area contributed by atoms with Crippen LogP contribution in [0.4, 0.5) is 0 Å². The smallest absolute Gasteiger partial charge is 0.308 e. The predicted octanol–water partition coefficient (Wildman–Crippen LogP) is 0.232. The summed E-state index contributed by atoms with van der Waals surface area (Å²) in [7, 11) is 0. The molecule has 0 aliphatic rings. The van der Waals surface area contributed by atoms with Gasteiger partial charge in [0.05, 0.1) is 19.6 Å². The molecule has 0 unspecified atom stereocenters. The number of aliphatic hydroxyl groups excluding tert-OH is 1. The minimum Gasteiger partial charge on any atom is -0.460 e. The Morgan fingerprint density at radius 3 is 2.57 bits per heavy atom. The average molecular weight is 205 g/mol. The lowest BCUT2D eigenvalue weighted by molar-refractivity contribution is -0.156. The van der Waals surface area contributed by atoms with Crippen molar-refractivity contribution in [2.75, 3.05) is 19.8 Å². The van der Waals surface area contributed by atoms with Crippen molar-refractivity contribution in [2.45, 2.75) is 32.8 Å². The van der Waals surface area contributed by atoms with Gasteiger partial charge in [0.25, 0.3) is 0 Å². The monoisotopic (exact) mass is 205 g/mol. The Hall–Kier alpha value is -0.650. The standard InChI is InChI=1S/C9H19NO4/c1-9(2,3)14-8(12)4-7-13-10-5-6-11/h10-11H,4-7H2,1-3H3. The lowest BCUT2D eigenvalue weighted by Gasteiger charge is -2.19. The maximum atomic E-state index is 11.1. The lowest BCUT2D eigenvalue weighted by Crippen LogP contribution is -2.26. The molecule has 0 heterocycles. The van der Waals surface area contributed by atoms with Crippen LogP contribution >= 0.6 is 0 Å². The molecule has 0 spiro atoms. The van der Waals surface area contributed by atoms with Crippen LogP contribution in [0.25, 0.3) is 0 Å². The number of nitrogens with one attached hydrogen (secondary N) is 1. The molecule has 0 aliphatic heterocycles. The van der Waals surface area contributed by atoms with Crippen molar-refractivity contribution in [2.24, 2.45) is 0 Å². The van der Waals surface area contributed by atoms with Crippen LogP contribution < -0.4 is 5.48 Å². The average Bonchev–Trinajstić information content (AvgIpc) is 2.00. The molecule has 0 saturated heterocycles. The van der Waals surface area contributed by atoms with E-state index in [1.807, 2.05) is 20.8 Å². The molecule has 0 fully saturated rings. The Labute approximate surface area is 84.3 Å². The number of rotatable bonds is 6. The molecule has 0 aromatic rings. The third-order valence-corrected chi connectivity index (χ3v) is 1.14. The number of ether oxygens (including phenoxy) is 1. The van der Waals surface area contributed by atoms with Gasteiger partial charge in [0.2, 0.25) is 0 Å². The van der Waals surface area contributed by atoms with Crippen molar-refractivity contribution < 1.29 is 19.5 Å². The van der Waals surface area contributed by atoms with Crippen LogP contribution in [0.15, 0.2) is 0 Å². The summed E-state index contributed by atoms with van der Waals surface area (Å²) in [5, 5.41) is 8.39. The molecule has 0 aliphatic carbocycles. The van der Waals surface area contributed by atoms with Crippen LogP contribution in [0.3, 0.4) is 0 Å². The van der Waals surface area contributed by atoms with E-state index >= 15 is 0 Å². The molecule has 84 valence electrons. The first-order valence-corrected chi connectivity index (χ1v) is 4.63. The van der Waals surface area contributed by atoms with Crippen molar-refractivity contribution >= 4 is 5.97 Å². The highest BCUT2D eigenvalue weighted by Crippen LogP contribution is 2.07. The summed E-state index contributed by atoms with van der Waals surface area (Å²) in [5.41, 5.74) is 2.05. The zero-order valence-corrected chi connectivity index (χ0v) is 9.00. The molecule has 2 N–H and O–H groups in total. The normalized spacial score (nSPS) is 11.4. The molecular formula is C9H19NO4. The molecule has 0 saturated carbocycles. The van der Waals surface area contributed by atoms with Gasteiger partial charge in [0, 0.05) is 6.54 Å². The molecule has 0 atom stereocenters. The molecule has 0 rings (SSSR count). The fourth-order valence-electron chi connectivity index (χ4n) is 0.717. The van der Waals surface area contributed by atoms with Gasteiger partial charge in [-0.25, -0.2) is 5.48 Å². The number of esters is 1. The first-order valence-electron chi connectivity index (χ1n) is 4.63. The maximum Gasteiger partial charge on any atom is 0.308 e. The van der Waals surface area contributed by atoms with Crippen LogP contribution in [-0.4, -0.2) is 36.4 Å². The van der Waals surface area contributed by atoms with Crippen molar-refractivity contribution in [3.05, 3.63) is 0 Å². The van der Waals surface area contributed by atoms with Crippen LogP contribution in [-0.2, 0) is 14.4 Å². The van der Waals surface area contributed by atoms with Crippen molar-refractivity contribution in [3.8, 4) is 0 Å². The van der Waals surface area contributed by atoms with Crippen molar-refractivity contribution in [3.63, 3.8) is 0 Å². The summed E-state index contributed by atoms with van der Waals surface area (Å²) < 4.78 is 5.05. The molecule has 0 aromatic heterocycles. The quantitative estimate of drug-likeness (QED) is 0.369. The van der Waals surface area contributed by atoms with E-state index in [-0.39, 0.29) is 25.6 Å². The highest BCUT2D eigenvalue weighted by atomic mass is 16.6. The van der Waals surface area contributed by atoms with E-state index in [0.29, 0.717) is 6.54 Å². The molecule has 0 radical (unpaired) electrons. The second kappa shape index (κ2) is 6.75. The van der Waals surface area contributed by atoms with Crippen LogP contribution in [0.2, 0.25) is 0 Å². The van der Waals surface area contributed by atoms with Gasteiger partial charge in [0.1, 0.15) is 5.60 Å². The Morgan fingerprint density at radius 2 is 2.07 bits per heavy atom. The van der Waals surface area contributed by atoms with Crippen LogP contribution in [0.1, 0.15) is 27.2 Å². The number of hydrogen-bond donors (Lipinski definition) is 2. The van der Waals surface area contributed by atoms with Gasteiger partial charge in [-0.15, -0.1) is 0 Å². The fraction of sp³-hybridized carbons (Fsp3) is 0.889. The summed E-state index contributed by atoms with van der Waals surface area (Å²) in [6, 6.07) is 0. The molecule has 0 bridgehead atoms. The summed E-state index contributed by atoms with van der Waals surface area (Å²) >= 11 is 0. The first-order chi connectivity index (χ1) is 6.45. The van der Waals surface area contributed by atoms with Gasteiger partial charge >= 0.3 is 5.97 Å². The Balaban J connectivity index is 3.36. The van der Waals surface area contributed by atoms with E-state index in [9.17, 15) is 4.79 Å². The zero-order valence-electron chi connectivity index (χ0n) is 9.00. The predicted molar refractivity (Wildman–Crippen MR) is 51.5 cm³/mol. The largest absolute Gasteiger partial charge is 0.460 e. The molecule has 0 aromatic carbocycles. The molecule has 5 nitrogen and oxygen atoms in total. The number of carbonyl (C=O) groups excluding carboxylic acids is 1. The zero-order chi connectivity index (χ0) is 11.0. The van der Waals surface area contributed by atoms with Gasteiger partial charge in [-0.2, -0.15) is 0 Å². The van der Waals surface area contributed by atoms with Crippen molar-refractivity contribution in [1.29, 1.82) is 0 Å². The summed E-state index contributed by atoms with van der Waals surface area (Å²) in [4.78, 5) is 16.0. The third-order valence-electron chi connectivity index (χ3n) is 1.14. The SMILES string of the molecule is CC(C)(C)OC(=O)CCONCCO. The first kappa shape index (κ1) is 13.4. The van der Waals surface area contributed by atoms with Gasteiger partial charge in [0.15, 0.2) is 0 Å². The highest BCUT2D eigenvalue weighted by Gasteiger charge is 2.15. The Kier molecular flexibility index (Phi) is 6.44. The summed E-state index contributed by atoms with van der Waals surface area (Å²) in [6.45, 7) is 6.05. The van der Waals surface area contributed by atoms with Gasteiger partial charge in [-0.1, -0.05) is 0 Å². The summed E-state index contributed by atoms with van der Waals surface area (Å²) in [5.74, 6) is -0.289. The minimum atomic E-state index is -0.449.